The summed E-state index contributed by atoms with van der Waals surface area (Å²) < 4.78 is 0. The molecule has 1 heteroatoms. The maximum absolute atomic E-state index is 12.4. The summed E-state index contributed by atoms with van der Waals surface area (Å²) in [5.74, 6) is 0.554. The molecule has 1 aromatic rings. The molecule has 1 atom stereocenters. The Labute approximate surface area is 109 Å². The Balaban J connectivity index is 2.27. The van der Waals surface area contributed by atoms with Gasteiger partial charge < -0.3 is 0 Å². The highest BCUT2D eigenvalue weighted by atomic mass is 16.1. The molecular formula is C17H20O. The molecule has 2 rings (SSSR count). The number of hydrogen-bond acceptors (Lipinski definition) is 1. The highest BCUT2D eigenvalue weighted by molar-refractivity contribution is 6.09. The van der Waals surface area contributed by atoms with Gasteiger partial charge in [0.1, 0.15) is 0 Å². The molecule has 0 saturated carbocycles. The summed E-state index contributed by atoms with van der Waals surface area (Å²) >= 11 is 0. The van der Waals surface area contributed by atoms with Crippen LogP contribution in [0.1, 0.15) is 41.8 Å². The van der Waals surface area contributed by atoms with Crippen molar-refractivity contribution in [1.29, 1.82) is 0 Å². The molecule has 0 aliphatic heterocycles. The quantitative estimate of drug-likeness (QED) is 0.553. The number of ketones is 1. The van der Waals surface area contributed by atoms with Crippen LogP contribution >= 0.6 is 0 Å². The molecule has 18 heavy (non-hydrogen) atoms. The Bertz CT molecular complexity index is 547. The summed E-state index contributed by atoms with van der Waals surface area (Å²) in [6, 6.07) is 5.95. The standard InChI is InChI=1S/C17H20O/c1-11-5-7-15(9-13(11)3)17(18)16-8-6-12(2)14(4)10-16/h5-7,9-10,14H,8H2,1-4H3. The van der Waals surface area contributed by atoms with E-state index in [1.54, 1.807) is 0 Å². The van der Waals surface area contributed by atoms with Crippen molar-refractivity contribution < 1.29 is 4.79 Å². The second-order valence-corrected chi connectivity index (χ2v) is 5.26. The van der Waals surface area contributed by atoms with Gasteiger partial charge in [0.2, 0.25) is 0 Å². The predicted octanol–water partition coefficient (Wildman–Crippen LogP) is 4.40. The van der Waals surface area contributed by atoms with E-state index in [0.29, 0.717) is 5.92 Å². The van der Waals surface area contributed by atoms with Crippen molar-refractivity contribution in [2.24, 2.45) is 5.92 Å². The molecule has 94 valence electrons. The number of Topliss-reactive ketones (excluding diaryl/α,β-unsaturated/α-hetero) is 1. The lowest BCUT2D eigenvalue weighted by molar-refractivity contribution is 0.103. The fourth-order valence-corrected chi connectivity index (χ4v) is 2.19. The van der Waals surface area contributed by atoms with Crippen molar-refractivity contribution in [3.63, 3.8) is 0 Å². The normalized spacial score (nSPS) is 19.2. The Morgan fingerprint density at radius 1 is 1.17 bits per heavy atom. The second-order valence-electron chi connectivity index (χ2n) is 5.26. The minimum Gasteiger partial charge on any atom is -0.289 e. The lowest BCUT2D eigenvalue weighted by atomic mass is 9.88. The molecule has 0 bridgehead atoms. The van der Waals surface area contributed by atoms with Gasteiger partial charge in [-0.2, -0.15) is 0 Å². The molecule has 0 saturated heterocycles. The Morgan fingerprint density at radius 2 is 1.89 bits per heavy atom. The molecule has 1 aliphatic carbocycles. The number of carbonyl (C=O) groups is 1. The minimum atomic E-state index is 0.175. The van der Waals surface area contributed by atoms with Crippen LogP contribution in [0, 0.1) is 19.8 Å². The smallest absolute Gasteiger partial charge is 0.189 e. The van der Waals surface area contributed by atoms with Gasteiger partial charge in [0.05, 0.1) is 0 Å². The van der Waals surface area contributed by atoms with Crippen LogP contribution < -0.4 is 0 Å². The van der Waals surface area contributed by atoms with Crippen LogP contribution in [0.3, 0.4) is 0 Å². The first-order valence-corrected chi connectivity index (χ1v) is 6.48. The maximum Gasteiger partial charge on any atom is 0.189 e. The van der Waals surface area contributed by atoms with Crippen molar-refractivity contribution >= 4 is 5.78 Å². The van der Waals surface area contributed by atoms with E-state index in [0.717, 1.165) is 17.6 Å². The summed E-state index contributed by atoms with van der Waals surface area (Å²) in [5.41, 5.74) is 5.50. The van der Waals surface area contributed by atoms with Crippen LogP contribution in [-0.4, -0.2) is 5.78 Å². The number of allylic oxidation sites excluding steroid dienone is 4. The van der Waals surface area contributed by atoms with Crippen LogP contribution in [0.4, 0.5) is 0 Å². The first-order chi connectivity index (χ1) is 8.49. The van der Waals surface area contributed by atoms with E-state index < -0.39 is 0 Å². The Hall–Kier alpha value is -1.63. The molecule has 1 aliphatic rings. The fourth-order valence-electron chi connectivity index (χ4n) is 2.19. The largest absolute Gasteiger partial charge is 0.289 e. The molecule has 1 unspecified atom stereocenters. The van der Waals surface area contributed by atoms with Crippen LogP contribution in [0.5, 0.6) is 0 Å². The molecule has 0 amide bonds. The van der Waals surface area contributed by atoms with E-state index in [9.17, 15) is 4.79 Å². The molecule has 0 radical (unpaired) electrons. The summed E-state index contributed by atoms with van der Waals surface area (Å²) in [6.07, 6.45) is 5.04. The summed E-state index contributed by atoms with van der Waals surface area (Å²) in [4.78, 5) is 12.4. The molecule has 1 aromatic carbocycles. The average Bonchev–Trinajstić information content (AvgIpc) is 2.35. The van der Waals surface area contributed by atoms with Gasteiger partial charge in [-0.1, -0.05) is 36.8 Å². The number of aryl methyl sites for hydroxylation is 2. The fraction of sp³-hybridized carbons (Fsp3) is 0.353. The summed E-state index contributed by atoms with van der Waals surface area (Å²) in [5, 5.41) is 0. The van der Waals surface area contributed by atoms with E-state index >= 15 is 0 Å². The first kappa shape index (κ1) is 12.8. The highest BCUT2D eigenvalue weighted by Gasteiger charge is 2.17. The van der Waals surface area contributed by atoms with Crippen LogP contribution in [-0.2, 0) is 0 Å². The van der Waals surface area contributed by atoms with E-state index in [-0.39, 0.29) is 5.78 Å². The first-order valence-electron chi connectivity index (χ1n) is 6.48. The van der Waals surface area contributed by atoms with Crippen LogP contribution in [0.15, 0.2) is 41.5 Å². The molecule has 1 nitrogen and oxygen atoms in total. The van der Waals surface area contributed by atoms with E-state index in [1.807, 2.05) is 25.1 Å². The highest BCUT2D eigenvalue weighted by Crippen LogP contribution is 2.25. The number of rotatable bonds is 2. The zero-order valence-corrected chi connectivity index (χ0v) is 11.6. The predicted molar refractivity (Wildman–Crippen MR) is 75.9 cm³/mol. The zero-order valence-electron chi connectivity index (χ0n) is 11.6. The summed E-state index contributed by atoms with van der Waals surface area (Å²) in [7, 11) is 0. The number of benzene rings is 1. The molecular weight excluding hydrogens is 220 g/mol. The maximum atomic E-state index is 12.4. The zero-order chi connectivity index (χ0) is 13.3. The SMILES string of the molecule is CC1=CCC(C(=O)c2ccc(C)c(C)c2)=CC1C. The minimum absolute atomic E-state index is 0.175. The van der Waals surface area contributed by atoms with Crippen molar-refractivity contribution in [2.45, 2.75) is 34.1 Å². The molecule has 0 aromatic heterocycles. The Morgan fingerprint density at radius 3 is 2.50 bits per heavy atom. The van der Waals surface area contributed by atoms with Crippen molar-refractivity contribution in [3.05, 3.63) is 58.2 Å². The van der Waals surface area contributed by atoms with Crippen molar-refractivity contribution in [3.8, 4) is 0 Å². The van der Waals surface area contributed by atoms with Crippen LogP contribution in [0.2, 0.25) is 0 Å². The lowest BCUT2D eigenvalue weighted by Crippen LogP contribution is -2.09. The topological polar surface area (TPSA) is 17.1 Å². The molecule has 0 heterocycles. The average molecular weight is 240 g/mol. The van der Waals surface area contributed by atoms with Gasteiger partial charge in [0.25, 0.3) is 0 Å². The van der Waals surface area contributed by atoms with Gasteiger partial charge in [-0.15, -0.1) is 0 Å². The van der Waals surface area contributed by atoms with Crippen molar-refractivity contribution in [1.82, 2.24) is 0 Å². The number of carbonyl (C=O) groups excluding carboxylic acids is 1. The lowest BCUT2D eigenvalue weighted by Gasteiger charge is -2.16. The van der Waals surface area contributed by atoms with Gasteiger partial charge in [-0.25, -0.2) is 0 Å². The Kier molecular flexibility index (Phi) is 3.51. The third kappa shape index (κ3) is 2.45. The molecule has 0 N–H and O–H groups in total. The van der Waals surface area contributed by atoms with Gasteiger partial charge in [-0.3, -0.25) is 4.79 Å². The van der Waals surface area contributed by atoms with Crippen LogP contribution in [0.25, 0.3) is 0 Å². The van der Waals surface area contributed by atoms with Gasteiger partial charge >= 0.3 is 0 Å². The van der Waals surface area contributed by atoms with E-state index in [2.05, 4.69) is 32.9 Å². The number of hydrogen-bond donors (Lipinski definition) is 0. The van der Waals surface area contributed by atoms with E-state index in [1.165, 1.54) is 16.7 Å². The van der Waals surface area contributed by atoms with E-state index in [4.69, 9.17) is 0 Å². The monoisotopic (exact) mass is 240 g/mol. The van der Waals surface area contributed by atoms with Gasteiger partial charge in [-0.05, 0) is 50.3 Å². The van der Waals surface area contributed by atoms with Gasteiger partial charge in [0.15, 0.2) is 5.78 Å². The molecule has 0 fully saturated rings. The van der Waals surface area contributed by atoms with Gasteiger partial charge in [0, 0.05) is 11.1 Å². The van der Waals surface area contributed by atoms with Crippen molar-refractivity contribution in [2.75, 3.05) is 0 Å². The molecule has 0 spiro atoms. The third-order valence-electron chi connectivity index (χ3n) is 3.87. The third-order valence-corrected chi connectivity index (χ3v) is 3.87. The second kappa shape index (κ2) is 4.93. The summed E-state index contributed by atoms with van der Waals surface area (Å²) in [6.45, 7) is 8.38.